The van der Waals surface area contributed by atoms with Gasteiger partial charge in [-0.15, -0.1) is 0 Å². The second-order valence-electron chi connectivity index (χ2n) is 6.11. The van der Waals surface area contributed by atoms with E-state index >= 15 is 0 Å². The number of carbonyl (C=O) groups excluding carboxylic acids is 2. The predicted octanol–water partition coefficient (Wildman–Crippen LogP) is 1.82. The lowest BCUT2D eigenvalue weighted by Gasteiger charge is -2.24. The lowest BCUT2D eigenvalue weighted by Crippen LogP contribution is -2.40. The Morgan fingerprint density at radius 1 is 0.800 bits per heavy atom. The van der Waals surface area contributed by atoms with E-state index in [-0.39, 0.29) is 18.4 Å². The zero-order chi connectivity index (χ0) is 17.6. The van der Waals surface area contributed by atoms with Gasteiger partial charge in [-0.25, -0.2) is 0 Å². The zero-order valence-corrected chi connectivity index (χ0v) is 14.1. The third-order valence-electron chi connectivity index (χ3n) is 4.49. The largest absolute Gasteiger partial charge is 0.395 e. The standard InChI is InChI=1S/C20H22N2O3/c23-15-14-21(11-10-16-6-2-1-3-7-16)12-13-22-19(24)17-8-4-5-9-18(17)20(22)25/h1-9,23H,10-15H2. The van der Waals surface area contributed by atoms with Crippen LogP contribution in [0.4, 0.5) is 0 Å². The topological polar surface area (TPSA) is 60.9 Å². The van der Waals surface area contributed by atoms with Crippen LogP contribution in [0.25, 0.3) is 0 Å². The molecule has 0 aromatic heterocycles. The van der Waals surface area contributed by atoms with Gasteiger partial charge in [0.25, 0.3) is 11.8 Å². The molecule has 1 aliphatic rings. The van der Waals surface area contributed by atoms with Gasteiger partial charge in [0, 0.05) is 26.2 Å². The lowest BCUT2D eigenvalue weighted by molar-refractivity contribution is 0.0632. The molecule has 0 bridgehead atoms. The van der Waals surface area contributed by atoms with Crippen molar-refractivity contribution in [3.8, 4) is 0 Å². The molecule has 0 radical (unpaired) electrons. The number of hydrogen-bond acceptors (Lipinski definition) is 4. The molecule has 0 saturated heterocycles. The summed E-state index contributed by atoms with van der Waals surface area (Å²) in [5.74, 6) is -0.458. The van der Waals surface area contributed by atoms with Gasteiger partial charge in [0.2, 0.25) is 0 Å². The number of amides is 2. The Hall–Kier alpha value is -2.50. The summed E-state index contributed by atoms with van der Waals surface area (Å²) >= 11 is 0. The number of benzene rings is 2. The minimum Gasteiger partial charge on any atom is -0.395 e. The molecule has 0 unspecified atom stereocenters. The molecule has 5 nitrogen and oxygen atoms in total. The highest BCUT2D eigenvalue weighted by molar-refractivity contribution is 6.21. The SMILES string of the molecule is O=C1c2ccccc2C(=O)N1CCN(CCO)CCc1ccccc1. The monoisotopic (exact) mass is 338 g/mol. The van der Waals surface area contributed by atoms with Gasteiger partial charge in [-0.2, -0.15) is 0 Å². The molecular formula is C20H22N2O3. The van der Waals surface area contributed by atoms with Crippen LogP contribution in [-0.4, -0.2) is 59.5 Å². The molecule has 1 N–H and O–H groups in total. The van der Waals surface area contributed by atoms with Gasteiger partial charge in [0.05, 0.1) is 17.7 Å². The first-order valence-electron chi connectivity index (χ1n) is 8.53. The maximum Gasteiger partial charge on any atom is 0.261 e. The van der Waals surface area contributed by atoms with E-state index in [4.69, 9.17) is 0 Å². The second-order valence-corrected chi connectivity index (χ2v) is 6.11. The Kier molecular flexibility index (Phi) is 5.58. The van der Waals surface area contributed by atoms with E-state index in [2.05, 4.69) is 17.0 Å². The molecule has 2 amide bonds. The second kappa shape index (κ2) is 8.05. The first kappa shape index (κ1) is 17.3. The van der Waals surface area contributed by atoms with Crippen molar-refractivity contribution in [1.82, 2.24) is 9.80 Å². The lowest BCUT2D eigenvalue weighted by atomic mass is 10.1. The molecular weight excluding hydrogens is 316 g/mol. The first-order chi connectivity index (χ1) is 12.2. The van der Waals surface area contributed by atoms with Crippen LogP contribution in [0.2, 0.25) is 0 Å². The van der Waals surface area contributed by atoms with Crippen molar-refractivity contribution < 1.29 is 14.7 Å². The Labute approximate surface area is 147 Å². The van der Waals surface area contributed by atoms with Crippen LogP contribution in [0.15, 0.2) is 54.6 Å². The van der Waals surface area contributed by atoms with Crippen LogP contribution in [0, 0.1) is 0 Å². The predicted molar refractivity (Wildman–Crippen MR) is 95.5 cm³/mol. The zero-order valence-electron chi connectivity index (χ0n) is 14.1. The van der Waals surface area contributed by atoms with Gasteiger partial charge in [0.15, 0.2) is 0 Å². The fourth-order valence-corrected chi connectivity index (χ4v) is 3.09. The first-order valence-corrected chi connectivity index (χ1v) is 8.53. The van der Waals surface area contributed by atoms with Crippen molar-refractivity contribution in [2.24, 2.45) is 0 Å². The number of hydrogen-bond donors (Lipinski definition) is 1. The minimum atomic E-state index is -0.229. The van der Waals surface area contributed by atoms with E-state index in [1.165, 1.54) is 10.5 Å². The number of nitrogens with zero attached hydrogens (tertiary/aromatic N) is 2. The summed E-state index contributed by atoms with van der Waals surface area (Å²) in [4.78, 5) is 28.2. The number of carbonyl (C=O) groups is 2. The Morgan fingerprint density at radius 2 is 1.40 bits per heavy atom. The minimum absolute atomic E-state index is 0.0525. The number of fused-ring (bicyclic) bond motifs is 1. The Balaban J connectivity index is 1.58. The molecule has 2 aromatic rings. The van der Waals surface area contributed by atoms with Crippen molar-refractivity contribution in [3.05, 3.63) is 71.3 Å². The van der Waals surface area contributed by atoms with E-state index in [0.717, 1.165) is 13.0 Å². The molecule has 3 rings (SSSR count). The summed E-state index contributed by atoms with van der Waals surface area (Å²) in [6.45, 7) is 2.24. The summed E-state index contributed by atoms with van der Waals surface area (Å²) in [5, 5.41) is 9.28. The highest BCUT2D eigenvalue weighted by Gasteiger charge is 2.34. The van der Waals surface area contributed by atoms with E-state index in [1.807, 2.05) is 18.2 Å². The molecule has 130 valence electrons. The summed E-state index contributed by atoms with van der Waals surface area (Å²) in [5.41, 5.74) is 2.18. The van der Waals surface area contributed by atoms with E-state index in [9.17, 15) is 14.7 Å². The van der Waals surface area contributed by atoms with Crippen LogP contribution in [0.1, 0.15) is 26.3 Å². The van der Waals surface area contributed by atoms with Crippen LogP contribution in [0.5, 0.6) is 0 Å². The van der Waals surface area contributed by atoms with E-state index < -0.39 is 0 Å². The molecule has 2 aromatic carbocycles. The van der Waals surface area contributed by atoms with Crippen molar-refractivity contribution in [3.63, 3.8) is 0 Å². The molecule has 0 aliphatic carbocycles. The quantitative estimate of drug-likeness (QED) is 0.746. The van der Waals surface area contributed by atoms with E-state index in [0.29, 0.717) is 30.8 Å². The molecule has 0 saturated carbocycles. The molecule has 5 heteroatoms. The Morgan fingerprint density at radius 3 is 2.00 bits per heavy atom. The number of aliphatic hydroxyl groups is 1. The van der Waals surface area contributed by atoms with Crippen molar-refractivity contribution in [2.75, 3.05) is 32.8 Å². The molecule has 25 heavy (non-hydrogen) atoms. The number of rotatable bonds is 8. The maximum absolute atomic E-state index is 12.4. The Bertz CT molecular complexity index is 711. The highest BCUT2D eigenvalue weighted by Crippen LogP contribution is 2.22. The van der Waals surface area contributed by atoms with Crippen LogP contribution >= 0.6 is 0 Å². The van der Waals surface area contributed by atoms with Gasteiger partial charge in [-0.05, 0) is 24.1 Å². The molecule has 0 fully saturated rings. The molecule has 1 aliphatic heterocycles. The van der Waals surface area contributed by atoms with Gasteiger partial charge >= 0.3 is 0 Å². The summed E-state index contributed by atoms with van der Waals surface area (Å²) in [6, 6.07) is 17.1. The molecule has 0 spiro atoms. The fraction of sp³-hybridized carbons (Fsp3) is 0.300. The van der Waals surface area contributed by atoms with Crippen LogP contribution in [-0.2, 0) is 6.42 Å². The van der Waals surface area contributed by atoms with Gasteiger partial charge in [0.1, 0.15) is 0 Å². The van der Waals surface area contributed by atoms with Crippen LogP contribution in [0.3, 0.4) is 0 Å². The van der Waals surface area contributed by atoms with Crippen LogP contribution < -0.4 is 0 Å². The highest BCUT2D eigenvalue weighted by atomic mass is 16.3. The van der Waals surface area contributed by atoms with Crippen molar-refractivity contribution >= 4 is 11.8 Å². The molecule has 1 heterocycles. The summed E-state index contributed by atoms with van der Waals surface area (Å²) in [6.07, 6.45) is 0.864. The van der Waals surface area contributed by atoms with E-state index in [1.54, 1.807) is 24.3 Å². The summed E-state index contributed by atoms with van der Waals surface area (Å²) < 4.78 is 0. The normalized spacial score (nSPS) is 13.6. The fourth-order valence-electron chi connectivity index (χ4n) is 3.09. The third kappa shape index (κ3) is 3.95. The average Bonchev–Trinajstić information content (AvgIpc) is 2.89. The summed E-state index contributed by atoms with van der Waals surface area (Å²) in [7, 11) is 0. The van der Waals surface area contributed by atoms with Crippen molar-refractivity contribution in [2.45, 2.75) is 6.42 Å². The smallest absolute Gasteiger partial charge is 0.261 e. The maximum atomic E-state index is 12.4. The third-order valence-corrected chi connectivity index (χ3v) is 4.49. The van der Waals surface area contributed by atoms with Crippen molar-refractivity contribution in [1.29, 1.82) is 0 Å². The number of imide groups is 1. The number of aliphatic hydroxyl groups excluding tert-OH is 1. The van der Waals surface area contributed by atoms with Gasteiger partial charge < -0.3 is 5.11 Å². The molecule has 0 atom stereocenters. The van der Waals surface area contributed by atoms with Gasteiger partial charge in [-0.1, -0.05) is 42.5 Å². The van der Waals surface area contributed by atoms with Gasteiger partial charge in [-0.3, -0.25) is 19.4 Å². The average molecular weight is 338 g/mol.